The quantitative estimate of drug-likeness (QED) is 0.914. The molecule has 0 amide bonds. The zero-order chi connectivity index (χ0) is 14.8. The van der Waals surface area contributed by atoms with Crippen molar-refractivity contribution >= 4 is 11.3 Å². The van der Waals surface area contributed by atoms with Crippen molar-refractivity contribution in [1.29, 1.82) is 0 Å². The van der Waals surface area contributed by atoms with E-state index in [0.717, 1.165) is 22.9 Å². The van der Waals surface area contributed by atoms with Crippen molar-refractivity contribution in [2.45, 2.75) is 64.8 Å². The second-order valence-electron chi connectivity index (χ2n) is 6.60. The summed E-state index contributed by atoms with van der Waals surface area (Å²) in [6.45, 7) is 6.66. The van der Waals surface area contributed by atoms with Gasteiger partial charge in [0.15, 0.2) is 5.82 Å². The molecule has 0 atom stereocenters. The Morgan fingerprint density at radius 3 is 2.71 bits per heavy atom. The van der Waals surface area contributed by atoms with Crippen LogP contribution in [0.25, 0.3) is 5.52 Å². The van der Waals surface area contributed by atoms with Gasteiger partial charge in [-0.25, -0.2) is 9.50 Å². The van der Waals surface area contributed by atoms with Crippen molar-refractivity contribution < 1.29 is 0 Å². The molecule has 3 rings (SSSR count). The summed E-state index contributed by atoms with van der Waals surface area (Å²) < 4.78 is 1.95. The molecule has 0 aliphatic heterocycles. The Hall–Kier alpha value is -1.58. The largest absolute Gasteiger partial charge is 0.366 e. The fourth-order valence-electron chi connectivity index (χ4n) is 3.24. The molecule has 21 heavy (non-hydrogen) atoms. The van der Waals surface area contributed by atoms with Crippen molar-refractivity contribution in [1.82, 2.24) is 14.6 Å². The molecule has 0 spiro atoms. The first-order chi connectivity index (χ1) is 10.2. The summed E-state index contributed by atoms with van der Waals surface area (Å²) in [4.78, 5) is 4.54. The fourth-order valence-corrected chi connectivity index (χ4v) is 3.24. The molecule has 4 heteroatoms. The van der Waals surface area contributed by atoms with Gasteiger partial charge >= 0.3 is 0 Å². The van der Waals surface area contributed by atoms with Crippen LogP contribution in [-0.4, -0.2) is 20.6 Å². The van der Waals surface area contributed by atoms with Crippen molar-refractivity contribution in [3.8, 4) is 0 Å². The van der Waals surface area contributed by atoms with Crippen LogP contribution < -0.4 is 5.32 Å². The molecule has 2 heterocycles. The number of hydrogen-bond donors (Lipinski definition) is 1. The molecule has 4 nitrogen and oxygen atoms in total. The lowest BCUT2D eigenvalue weighted by atomic mass is 9.84. The molecule has 1 saturated carbocycles. The molecule has 1 fully saturated rings. The van der Waals surface area contributed by atoms with Gasteiger partial charge in [0.2, 0.25) is 0 Å². The number of nitrogens with zero attached hydrogens (tertiary/aromatic N) is 3. The number of fused-ring (bicyclic) bond motifs is 1. The summed E-state index contributed by atoms with van der Waals surface area (Å²) in [5.74, 6) is 2.35. The Balaban J connectivity index is 1.78. The SMILES string of the molecule is CCC1CCC(Nc2nccn3nc(C(C)C)cc23)CC1. The Bertz CT molecular complexity index is 594. The summed E-state index contributed by atoms with van der Waals surface area (Å²) >= 11 is 0. The summed E-state index contributed by atoms with van der Waals surface area (Å²) in [5, 5.41) is 8.28. The van der Waals surface area contributed by atoms with Gasteiger partial charge in [-0.05, 0) is 43.6 Å². The third kappa shape index (κ3) is 3.04. The van der Waals surface area contributed by atoms with Crippen LogP contribution >= 0.6 is 0 Å². The van der Waals surface area contributed by atoms with Gasteiger partial charge in [0.1, 0.15) is 5.52 Å². The minimum Gasteiger partial charge on any atom is -0.366 e. The maximum Gasteiger partial charge on any atom is 0.152 e. The molecular weight excluding hydrogens is 260 g/mol. The molecule has 1 aliphatic rings. The Morgan fingerprint density at radius 2 is 2.05 bits per heavy atom. The van der Waals surface area contributed by atoms with Gasteiger partial charge in [-0.15, -0.1) is 0 Å². The number of anilines is 1. The minimum atomic E-state index is 0.442. The third-order valence-electron chi connectivity index (χ3n) is 4.77. The normalized spacial score (nSPS) is 22.9. The highest BCUT2D eigenvalue weighted by molar-refractivity contribution is 5.68. The van der Waals surface area contributed by atoms with E-state index in [2.05, 4.69) is 42.2 Å². The van der Waals surface area contributed by atoms with E-state index in [1.807, 2.05) is 16.9 Å². The summed E-state index contributed by atoms with van der Waals surface area (Å²) in [6, 6.07) is 2.72. The van der Waals surface area contributed by atoms with Crippen LogP contribution in [0.3, 0.4) is 0 Å². The predicted molar refractivity (Wildman–Crippen MR) is 86.7 cm³/mol. The first-order valence-electron chi connectivity index (χ1n) is 8.28. The van der Waals surface area contributed by atoms with Crippen LogP contribution in [0, 0.1) is 5.92 Å². The van der Waals surface area contributed by atoms with Gasteiger partial charge in [0, 0.05) is 18.4 Å². The van der Waals surface area contributed by atoms with Crippen LogP contribution in [0.5, 0.6) is 0 Å². The molecule has 0 radical (unpaired) electrons. The third-order valence-corrected chi connectivity index (χ3v) is 4.77. The van der Waals surface area contributed by atoms with E-state index in [0.29, 0.717) is 12.0 Å². The highest BCUT2D eigenvalue weighted by atomic mass is 15.2. The van der Waals surface area contributed by atoms with Gasteiger partial charge in [-0.3, -0.25) is 0 Å². The molecule has 0 bridgehead atoms. The summed E-state index contributed by atoms with van der Waals surface area (Å²) in [6.07, 6.45) is 10.3. The Kier molecular flexibility index (Phi) is 4.13. The highest BCUT2D eigenvalue weighted by Crippen LogP contribution is 2.29. The lowest BCUT2D eigenvalue weighted by molar-refractivity contribution is 0.330. The molecule has 0 aromatic carbocycles. The number of nitrogens with one attached hydrogen (secondary N) is 1. The molecule has 0 saturated heterocycles. The van der Waals surface area contributed by atoms with Gasteiger partial charge in [-0.2, -0.15) is 5.10 Å². The van der Waals surface area contributed by atoms with E-state index < -0.39 is 0 Å². The molecule has 1 aliphatic carbocycles. The van der Waals surface area contributed by atoms with Crippen LogP contribution in [-0.2, 0) is 0 Å². The monoisotopic (exact) mass is 286 g/mol. The van der Waals surface area contributed by atoms with E-state index in [1.165, 1.54) is 32.1 Å². The van der Waals surface area contributed by atoms with Gasteiger partial charge < -0.3 is 5.32 Å². The van der Waals surface area contributed by atoms with Crippen molar-refractivity contribution in [3.63, 3.8) is 0 Å². The summed E-state index contributed by atoms with van der Waals surface area (Å²) in [5.41, 5.74) is 2.22. The lowest BCUT2D eigenvalue weighted by Crippen LogP contribution is -2.26. The molecule has 0 unspecified atom stereocenters. The zero-order valence-corrected chi connectivity index (χ0v) is 13.3. The lowest BCUT2D eigenvalue weighted by Gasteiger charge is -2.28. The predicted octanol–water partition coefficient (Wildman–Crippen LogP) is 4.23. The average Bonchev–Trinajstić information content (AvgIpc) is 2.93. The van der Waals surface area contributed by atoms with Crippen LogP contribution in [0.15, 0.2) is 18.5 Å². The van der Waals surface area contributed by atoms with Crippen LogP contribution in [0.1, 0.15) is 64.5 Å². The van der Waals surface area contributed by atoms with Crippen LogP contribution in [0.4, 0.5) is 5.82 Å². The van der Waals surface area contributed by atoms with Crippen molar-refractivity contribution in [2.24, 2.45) is 5.92 Å². The fraction of sp³-hybridized carbons (Fsp3) is 0.647. The molecular formula is C17H26N4. The number of aromatic nitrogens is 3. The van der Waals surface area contributed by atoms with Crippen LogP contribution in [0.2, 0.25) is 0 Å². The Morgan fingerprint density at radius 1 is 1.29 bits per heavy atom. The van der Waals surface area contributed by atoms with Crippen molar-refractivity contribution in [2.75, 3.05) is 5.32 Å². The maximum absolute atomic E-state index is 4.63. The summed E-state index contributed by atoms with van der Waals surface area (Å²) in [7, 11) is 0. The van der Waals surface area contributed by atoms with E-state index in [-0.39, 0.29) is 0 Å². The minimum absolute atomic E-state index is 0.442. The number of hydrogen-bond acceptors (Lipinski definition) is 3. The molecule has 114 valence electrons. The Labute approximate surface area is 127 Å². The van der Waals surface area contributed by atoms with E-state index in [1.54, 1.807) is 0 Å². The standard InChI is InChI=1S/C17H26N4/c1-4-13-5-7-14(8-6-13)19-17-16-11-15(12(2)3)20-21(16)10-9-18-17/h9-14H,4-8H2,1-3H3,(H,18,19). The van der Waals surface area contributed by atoms with Crippen molar-refractivity contribution in [3.05, 3.63) is 24.2 Å². The smallest absolute Gasteiger partial charge is 0.152 e. The van der Waals surface area contributed by atoms with Gasteiger partial charge in [0.05, 0.1) is 5.69 Å². The molecule has 2 aromatic heterocycles. The van der Waals surface area contributed by atoms with Gasteiger partial charge in [-0.1, -0.05) is 27.2 Å². The second-order valence-corrected chi connectivity index (χ2v) is 6.60. The highest BCUT2D eigenvalue weighted by Gasteiger charge is 2.21. The molecule has 2 aromatic rings. The van der Waals surface area contributed by atoms with E-state index >= 15 is 0 Å². The van der Waals surface area contributed by atoms with E-state index in [4.69, 9.17) is 0 Å². The molecule has 1 N–H and O–H groups in total. The maximum atomic E-state index is 4.63. The first-order valence-corrected chi connectivity index (χ1v) is 8.28. The first kappa shape index (κ1) is 14.4. The zero-order valence-electron chi connectivity index (χ0n) is 13.3. The second kappa shape index (κ2) is 6.04. The van der Waals surface area contributed by atoms with Gasteiger partial charge in [0.25, 0.3) is 0 Å². The average molecular weight is 286 g/mol. The number of rotatable bonds is 4. The topological polar surface area (TPSA) is 42.2 Å². The van der Waals surface area contributed by atoms with E-state index in [9.17, 15) is 0 Å².